The number of halogens is 1. The van der Waals surface area contributed by atoms with Gasteiger partial charge >= 0.3 is 0 Å². The van der Waals surface area contributed by atoms with E-state index >= 15 is 0 Å². The molecular formula is C20H15FN2O2. The molecule has 0 bridgehead atoms. The van der Waals surface area contributed by atoms with Crippen molar-refractivity contribution in [3.05, 3.63) is 72.7 Å². The fraction of sp³-hybridized carbons (Fsp3) is 0.0500. The van der Waals surface area contributed by atoms with Gasteiger partial charge in [0.1, 0.15) is 5.75 Å². The summed E-state index contributed by atoms with van der Waals surface area (Å²) in [5.74, 6) is -0.246. The number of rotatable bonds is 3. The van der Waals surface area contributed by atoms with Crippen molar-refractivity contribution in [1.82, 2.24) is 9.78 Å². The molecule has 25 heavy (non-hydrogen) atoms. The van der Waals surface area contributed by atoms with Gasteiger partial charge in [-0.15, -0.1) is 0 Å². The van der Waals surface area contributed by atoms with Crippen molar-refractivity contribution in [3.8, 4) is 28.3 Å². The summed E-state index contributed by atoms with van der Waals surface area (Å²) < 4.78 is 20.2. The highest BCUT2D eigenvalue weighted by Gasteiger charge is 2.09. The number of aromatic hydroxyl groups is 1. The number of methoxy groups -OCH3 is 1. The zero-order valence-electron chi connectivity index (χ0n) is 13.5. The lowest BCUT2D eigenvalue weighted by atomic mass is 10.0. The Morgan fingerprint density at radius 2 is 1.84 bits per heavy atom. The van der Waals surface area contributed by atoms with Gasteiger partial charge in [0.05, 0.1) is 24.5 Å². The summed E-state index contributed by atoms with van der Waals surface area (Å²) >= 11 is 0. The van der Waals surface area contributed by atoms with Crippen LogP contribution in [0.25, 0.3) is 27.7 Å². The maximum Gasteiger partial charge on any atom is 0.164 e. The first kappa shape index (κ1) is 15.2. The molecule has 1 heterocycles. The van der Waals surface area contributed by atoms with E-state index in [4.69, 9.17) is 4.74 Å². The summed E-state index contributed by atoms with van der Waals surface area (Å²) in [5.41, 5.74) is 3.57. The Kier molecular flexibility index (Phi) is 3.61. The quantitative estimate of drug-likeness (QED) is 0.598. The fourth-order valence-electron chi connectivity index (χ4n) is 2.85. The van der Waals surface area contributed by atoms with Crippen molar-refractivity contribution in [2.75, 3.05) is 7.11 Å². The summed E-state index contributed by atoms with van der Waals surface area (Å²) in [6.07, 6.45) is 1.75. The first-order valence-corrected chi connectivity index (χ1v) is 7.77. The standard InChI is InChI=1S/C20H15FN2O2/c1-25-17-4-2-3-13(10-17)14-5-8-19-15(9-14)12-22-23(19)16-6-7-18(21)20(24)11-16/h2-12,24H,1H3. The van der Waals surface area contributed by atoms with Gasteiger partial charge in [-0.2, -0.15) is 5.10 Å². The topological polar surface area (TPSA) is 47.3 Å². The van der Waals surface area contributed by atoms with E-state index in [1.165, 1.54) is 12.1 Å². The number of hydrogen-bond donors (Lipinski definition) is 1. The van der Waals surface area contributed by atoms with Crippen molar-refractivity contribution in [3.63, 3.8) is 0 Å². The molecule has 0 aliphatic heterocycles. The zero-order valence-corrected chi connectivity index (χ0v) is 13.5. The number of fused-ring (bicyclic) bond motifs is 1. The van der Waals surface area contributed by atoms with Crippen LogP contribution >= 0.6 is 0 Å². The number of phenolic OH excluding ortho intramolecular Hbond substituents is 1. The molecule has 4 rings (SSSR count). The molecule has 0 atom stereocenters. The highest BCUT2D eigenvalue weighted by molar-refractivity contribution is 5.86. The molecule has 0 radical (unpaired) electrons. The molecule has 4 nitrogen and oxygen atoms in total. The van der Waals surface area contributed by atoms with Crippen molar-refractivity contribution < 1.29 is 14.2 Å². The molecule has 0 aliphatic rings. The number of aromatic nitrogens is 2. The molecule has 124 valence electrons. The Bertz CT molecular complexity index is 1070. The predicted molar refractivity (Wildman–Crippen MR) is 94.7 cm³/mol. The van der Waals surface area contributed by atoms with Crippen LogP contribution in [0.5, 0.6) is 11.5 Å². The second-order valence-electron chi connectivity index (χ2n) is 5.70. The van der Waals surface area contributed by atoms with Gasteiger partial charge in [0.25, 0.3) is 0 Å². The molecule has 1 N–H and O–H groups in total. The van der Waals surface area contributed by atoms with Gasteiger partial charge in [0, 0.05) is 11.5 Å². The summed E-state index contributed by atoms with van der Waals surface area (Å²) in [5, 5.41) is 14.9. The third-order valence-corrected chi connectivity index (χ3v) is 4.15. The molecule has 0 fully saturated rings. The Morgan fingerprint density at radius 3 is 2.64 bits per heavy atom. The van der Waals surface area contributed by atoms with E-state index in [1.807, 2.05) is 42.5 Å². The third-order valence-electron chi connectivity index (χ3n) is 4.15. The molecule has 0 unspecified atom stereocenters. The Hall–Kier alpha value is -3.34. The van der Waals surface area contributed by atoms with Gasteiger partial charge in [0.15, 0.2) is 11.6 Å². The maximum atomic E-state index is 13.3. The van der Waals surface area contributed by atoms with Gasteiger partial charge in [0.2, 0.25) is 0 Å². The number of ether oxygens (including phenoxy) is 1. The van der Waals surface area contributed by atoms with E-state index in [1.54, 1.807) is 24.1 Å². The highest BCUT2D eigenvalue weighted by atomic mass is 19.1. The summed E-state index contributed by atoms with van der Waals surface area (Å²) in [6, 6.07) is 18.0. The van der Waals surface area contributed by atoms with Crippen LogP contribution in [-0.4, -0.2) is 22.0 Å². The molecule has 3 aromatic carbocycles. The van der Waals surface area contributed by atoms with Crippen LogP contribution in [0.15, 0.2) is 66.9 Å². The van der Waals surface area contributed by atoms with Crippen molar-refractivity contribution in [2.24, 2.45) is 0 Å². The van der Waals surface area contributed by atoms with Gasteiger partial charge in [-0.3, -0.25) is 0 Å². The number of hydrogen-bond acceptors (Lipinski definition) is 3. The first-order chi connectivity index (χ1) is 12.2. The molecule has 1 aromatic heterocycles. The second kappa shape index (κ2) is 5.94. The minimum absolute atomic E-state index is 0.394. The monoisotopic (exact) mass is 334 g/mol. The lowest BCUT2D eigenvalue weighted by Gasteiger charge is -2.07. The van der Waals surface area contributed by atoms with Crippen LogP contribution in [0.1, 0.15) is 0 Å². The van der Waals surface area contributed by atoms with Crippen LogP contribution in [-0.2, 0) is 0 Å². The third kappa shape index (κ3) is 2.70. The van der Waals surface area contributed by atoms with Gasteiger partial charge in [-0.25, -0.2) is 9.07 Å². The van der Waals surface area contributed by atoms with E-state index in [0.29, 0.717) is 5.69 Å². The normalized spacial score (nSPS) is 11.0. The average molecular weight is 334 g/mol. The van der Waals surface area contributed by atoms with Crippen molar-refractivity contribution in [2.45, 2.75) is 0 Å². The zero-order chi connectivity index (χ0) is 17.4. The van der Waals surface area contributed by atoms with Crippen molar-refractivity contribution >= 4 is 10.9 Å². The highest BCUT2D eigenvalue weighted by Crippen LogP contribution is 2.29. The summed E-state index contributed by atoms with van der Waals surface area (Å²) in [6.45, 7) is 0. The molecule has 4 aromatic rings. The summed E-state index contributed by atoms with van der Waals surface area (Å²) in [4.78, 5) is 0. The van der Waals surface area contributed by atoms with E-state index in [-0.39, 0.29) is 0 Å². The smallest absolute Gasteiger partial charge is 0.164 e. The number of phenols is 1. The van der Waals surface area contributed by atoms with Crippen LogP contribution < -0.4 is 4.74 Å². The minimum atomic E-state index is -0.652. The Labute approximate surface area is 143 Å². The van der Waals surface area contributed by atoms with Crippen LogP contribution in [0.3, 0.4) is 0 Å². The Morgan fingerprint density at radius 1 is 1.00 bits per heavy atom. The average Bonchev–Trinajstić information content (AvgIpc) is 3.07. The molecule has 0 aliphatic carbocycles. The van der Waals surface area contributed by atoms with Crippen LogP contribution in [0, 0.1) is 5.82 Å². The van der Waals surface area contributed by atoms with Crippen LogP contribution in [0.2, 0.25) is 0 Å². The van der Waals surface area contributed by atoms with E-state index < -0.39 is 11.6 Å². The number of benzene rings is 3. The number of nitrogens with zero attached hydrogens (tertiary/aromatic N) is 2. The predicted octanol–water partition coefficient (Wildman–Crippen LogP) is 4.55. The lowest BCUT2D eigenvalue weighted by Crippen LogP contribution is -1.96. The van der Waals surface area contributed by atoms with Crippen molar-refractivity contribution in [1.29, 1.82) is 0 Å². The SMILES string of the molecule is COc1cccc(-c2ccc3c(cnn3-c3ccc(F)c(O)c3)c2)c1. The maximum absolute atomic E-state index is 13.3. The van der Waals surface area contributed by atoms with Gasteiger partial charge in [-0.1, -0.05) is 18.2 Å². The lowest BCUT2D eigenvalue weighted by molar-refractivity contribution is 0.415. The molecule has 0 saturated carbocycles. The molecular weight excluding hydrogens is 319 g/mol. The Balaban J connectivity index is 1.79. The van der Waals surface area contributed by atoms with E-state index in [9.17, 15) is 9.50 Å². The van der Waals surface area contributed by atoms with E-state index in [0.717, 1.165) is 27.8 Å². The second-order valence-corrected chi connectivity index (χ2v) is 5.70. The first-order valence-electron chi connectivity index (χ1n) is 7.77. The molecule has 0 spiro atoms. The van der Waals surface area contributed by atoms with Crippen LogP contribution in [0.4, 0.5) is 4.39 Å². The largest absolute Gasteiger partial charge is 0.505 e. The fourth-order valence-corrected chi connectivity index (χ4v) is 2.85. The summed E-state index contributed by atoms with van der Waals surface area (Å²) in [7, 11) is 1.64. The van der Waals surface area contributed by atoms with E-state index in [2.05, 4.69) is 5.10 Å². The molecule has 5 heteroatoms. The van der Waals surface area contributed by atoms with Gasteiger partial charge in [-0.05, 0) is 47.5 Å². The molecule has 0 saturated heterocycles. The molecule has 0 amide bonds. The van der Waals surface area contributed by atoms with Gasteiger partial charge < -0.3 is 9.84 Å². The minimum Gasteiger partial charge on any atom is -0.505 e.